The summed E-state index contributed by atoms with van der Waals surface area (Å²) in [5.74, 6) is 1.32. The van der Waals surface area contributed by atoms with Crippen molar-refractivity contribution in [1.29, 1.82) is 0 Å². The van der Waals surface area contributed by atoms with Crippen LogP contribution in [0.5, 0.6) is 0 Å². The third-order valence-electron chi connectivity index (χ3n) is 5.11. The summed E-state index contributed by atoms with van der Waals surface area (Å²) in [6, 6.07) is 8.13. The molecule has 32 heavy (non-hydrogen) atoms. The lowest BCUT2D eigenvalue weighted by Gasteiger charge is -2.33. The second-order valence-corrected chi connectivity index (χ2v) is 8.27. The average Bonchev–Trinajstić information content (AvgIpc) is 3.22. The number of morpholine rings is 1. The lowest BCUT2D eigenvalue weighted by Crippen LogP contribution is -2.48. The van der Waals surface area contributed by atoms with Gasteiger partial charge in [-0.05, 0) is 32.9 Å². The molecule has 9 heteroatoms. The van der Waals surface area contributed by atoms with Gasteiger partial charge in [0.15, 0.2) is 5.96 Å². The molecular weight excluding hydrogens is 521 g/mol. The number of aliphatic imine (C=N–C) groups is 1. The van der Waals surface area contributed by atoms with Crippen molar-refractivity contribution in [1.82, 2.24) is 20.5 Å². The Morgan fingerprint density at radius 2 is 1.94 bits per heavy atom. The largest absolute Gasteiger partial charge is 0.444 e. The molecule has 0 bridgehead atoms. The number of hydrogen-bond donors (Lipinski definition) is 3. The molecule has 0 spiro atoms. The van der Waals surface area contributed by atoms with Gasteiger partial charge in [-0.2, -0.15) is 0 Å². The van der Waals surface area contributed by atoms with Crippen LogP contribution in [0.4, 0.5) is 0 Å². The van der Waals surface area contributed by atoms with Gasteiger partial charge >= 0.3 is 0 Å². The van der Waals surface area contributed by atoms with Crippen LogP contribution in [0.1, 0.15) is 25.1 Å². The minimum atomic E-state index is -0.894. The highest BCUT2D eigenvalue weighted by Gasteiger charge is 2.25. The van der Waals surface area contributed by atoms with E-state index >= 15 is 0 Å². The molecular formula is C23H36IN5O3. The summed E-state index contributed by atoms with van der Waals surface area (Å²) < 4.78 is 11.0. The summed E-state index contributed by atoms with van der Waals surface area (Å²) >= 11 is 0. The lowest BCUT2D eigenvalue weighted by atomic mass is 10.1. The van der Waals surface area contributed by atoms with Gasteiger partial charge in [-0.25, -0.2) is 4.98 Å². The predicted octanol–water partition coefficient (Wildman–Crippen LogP) is 2.45. The van der Waals surface area contributed by atoms with Gasteiger partial charge in [0.05, 0.1) is 31.1 Å². The van der Waals surface area contributed by atoms with Gasteiger partial charge in [-0.3, -0.25) is 9.89 Å². The number of guanidine groups is 1. The number of nitrogens with zero attached hydrogens (tertiary/aromatic N) is 3. The van der Waals surface area contributed by atoms with E-state index in [4.69, 9.17) is 9.15 Å². The number of aliphatic hydroxyl groups is 1. The van der Waals surface area contributed by atoms with Crippen molar-refractivity contribution in [2.45, 2.75) is 32.8 Å². The maximum atomic E-state index is 10.7. The van der Waals surface area contributed by atoms with Crippen molar-refractivity contribution in [3.8, 4) is 11.5 Å². The van der Waals surface area contributed by atoms with E-state index in [2.05, 4.69) is 32.4 Å². The molecule has 0 radical (unpaired) electrons. The first-order chi connectivity index (χ1) is 14.9. The fourth-order valence-corrected chi connectivity index (χ4v) is 3.44. The number of rotatable bonds is 9. The first-order valence-electron chi connectivity index (χ1n) is 11.0. The molecule has 1 saturated heterocycles. The quantitative estimate of drug-likeness (QED) is 0.248. The van der Waals surface area contributed by atoms with Crippen LogP contribution in [0.2, 0.25) is 0 Å². The van der Waals surface area contributed by atoms with Crippen LogP contribution in [-0.2, 0) is 11.2 Å². The van der Waals surface area contributed by atoms with Crippen molar-refractivity contribution >= 4 is 29.9 Å². The summed E-state index contributed by atoms with van der Waals surface area (Å²) in [5.41, 5.74) is 2.17. The Labute approximate surface area is 207 Å². The number of benzene rings is 1. The number of aryl methyl sites for hydroxylation is 1. The van der Waals surface area contributed by atoms with Crippen LogP contribution < -0.4 is 10.6 Å². The molecule has 8 nitrogen and oxygen atoms in total. The van der Waals surface area contributed by atoms with Crippen molar-refractivity contribution in [3.63, 3.8) is 0 Å². The molecule has 0 saturated carbocycles. The molecule has 178 valence electrons. The third-order valence-corrected chi connectivity index (χ3v) is 5.11. The zero-order chi connectivity index (χ0) is 22.1. The first-order valence-corrected chi connectivity index (χ1v) is 11.0. The highest BCUT2D eigenvalue weighted by molar-refractivity contribution is 14.0. The second kappa shape index (κ2) is 13.1. The number of hydrogen-bond acceptors (Lipinski definition) is 6. The number of halogens is 1. The molecule has 2 aromatic rings. The predicted molar refractivity (Wildman–Crippen MR) is 138 cm³/mol. The van der Waals surface area contributed by atoms with Crippen LogP contribution in [0.25, 0.3) is 11.5 Å². The van der Waals surface area contributed by atoms with Gasteiger partial charge in [0.2, 0.25) is 5.89 Å². The van der Waals surface area contributed by atoms with E-state index in [0.717, 1.165) is 44.1 Å². The van der Waals surface area contributed by atoms with E-state index < -0.39 is 5.60 Å². The molecule has 0 amide bonds. The second-order valence-electron chi connectivity index (χ2n) is 8.27. The molecule has 1 fully saturated rings. The zero-order valence-electron chi connectivity index (χ0n) is 19.3. The highest BCUT2D eigenvalue weighted by atomic mass is 127. The number of aromatic nitrogens is 1. The van der Waals surface area contributed by atoms with Crippen molar-refractivity contribution in [2.75, 3.05) is 52.5 Å². The summed E-state index contributed by atoms with van der Waals surface area (Å²) in [6.45, 7) is 11.4. The monoisotopic (exact) mass is 557 g/mol. The van der Waals surface area contributed by atoms with E-state index in [1.165, 1.54) is 5.56 Å². The number of ether oxygens (including phenoxy) is 1. The Morgan fingerprint density at radius 1 is 1.22 bits per heavy atom. The fourth-order valence-electron chi connectivity index (χ4n) is 3.44. The van der Waals surface area contributed by atoms with Gasteiger partial charge in [-0.15, -0.1) is 24.0 Å². The Kier molecular flexibility index (Phi) is 10.9. The molecule has 1 aliphatic rings. The maximum Gasteiger partial charge on any atom is 0.226 e. The molecule has 1 atom stereocenters. The van der Waals surface area contributed by atoms with Gasteiger partial charge in [0.1, 0.15) is 6.26 Å². The number of oxazole rings is 1. The molecule has 2 heterocycles. The zero-order valence-corrected chi connectivity index (χ0v) is 21.6. The van der Waals surface area contributed by atoms with E-state index in [0.29, 0.717) is 37.9 Å². The molecule has 3 N–H and O–H groups in total. The molecule has 1 unspecified atom stereocenters. The smallest absolute Gasteiger partial charge is 0.226 e. The minimum Gasteiger partial charge on any atom is -0.444 e. The van der Waals surface area contributed by atoms with Gasteiger partial charge in [-0.1, -0.05) is 17.7 Å². The summed E-state index contributed by atoms with van der Waals surface area (Å²) in [7, 11) is 0. The van der Waals surface area contributed by atoms with E-state index in [1.54, 1.807) is 6.26 Å². The standard InChI is InChI=1S/C23H35N5O3.HI/c1-4-24-22(26-16-23(3,29)17-28-11-13-30-14-12-28)25-10-9-20-15-31-21(27-20)19-7-5-18(2)6-8-19;/h5-8,15,29H,4,9-14,16-17H2,1-3H3,(H2,24,25,26);1H. The van der Waals surface area contributed by atoms with Crippen molar-refractivity contribution < 1.29 is 14.3 Å². The Hall–Kier alpha value is -1.69. The van der Waals surface area contributed by atoms with Crippen molar-refractivity contribution in [2.24, 2.45) is 4.99 Å². The Bertz CT molecular complexity index is 832. The van der Waals surface area contributed by atoms with E-state index in [-0.39, 0.29) is 24.0 Å². The van der Waals surface area contributed by atoms with Crippen LogP contribution in [0.15, 0.2) is 39.9 Å². The SMILES string of the molecule is CCNC(=NCC(C)(O)CN1CCOCC1)NCCc1coc(-c2ccc(C)cc2)n1.I. The minimum absolute atomic E-state index is 0. The van der Waals surface area contributed by atoms with Crippen LogP contribution >= 0.6 is 24.0 Å². The van der Waals surface area contributed by atoms with Gasteiger partial charge < -0.3 is 24.9 Å². The topological polar surface area (TPSA) is 95.2 Å². The fraction of sp³-hybridized carbons (Fsp3) is 0.565. The normalized spacial score (nSPS) is 16.8. The Morgan fingerprint density at radius 3 is 2.62 bits per heavy atom. The van der Waals surface area contributed by atoms with Crippen LogP contribution in [0.3, 0.4) is 0 Å². The van der Waals surface area contributed by atoms with E-state index in [1.807, 2.05) is 38.1 Å². The average molecular weight is 557 g/mol. The first kappa shape index (κ1) is 26.6. The third kappa shape index (κ3) is 8.68. The van der Waals surface area contributed by atoms with E-state index in [9.17, 15) is 5.11 Å². The lowest BCUT2D eigenvalue weighted by molar-refractivity contribution is -0.0179. The van der Waals surface area contributed by atoms with Gasteiger partial charge in [0.25, 0.3) is 0 Å². The molecule has 1 aromatic carbocycles. The van der Waals surface area contributed by atoms with Gasteiger partial charge in [0, 0.05) is 44.7 Å². The maximum absolute atomic E-state index is 10.7. The van der Waals surface area contributed by atoms with Crippen LogP contribution in [-0.4, -0.2) is 79.0 Å². The molecule has 0 aliphatic carbocycles. The summed E-state index contributed by atoms with van der Waals surface area (Å²) in [5, 5.41) is 17.3. The van der Waals surface area contributed by atoms with Crippen molar-refractivity contribution in [3.05, 3.63) is 41.8 Å². The number of β-amino-alcohol motifs (C(OH)–C–C–N with tert-alkyl or cyclic N) is 1. The number of nitrogens with one attached hydrogen (secondary N) is 2. The molecule has 1 aliphatic heterocycles. The summed E-state index contributed by atoms with van der Waals surface area (Å²) in [6.07, 6.45) is 2.41. The van der Waals surface area contributed by atoms with Crippen LogP contribution in [0, 0.1) is 6.92 Å². The summed E-state index contributed by atoms with van der Waals surface area (Å²) in [4.78, 5) is 11.4. The molecule has 1 aromatic heterocycles. The highest BCUT2D eigenvalue weighted by Crippen LogP contribution is 2.19. The molecule has 3 rings (SSSR count). The Balaban J connectivity index is 0.00000363.